The molecule has 0 radical (unpaired) electrons. The SMILES string of the molecule is [C-]#[N+]c1cc(-c2cccc3ncsc23)cnc1N1CCN(C(=O)Nc2csc(C#C)n2)[C@@H](CO)C1. The van der Waals surface area contributed by atoms with Gasteiger partial charge in [0.15, 0.2) is 5.01 Å². The van der Waals surface area contributed by atoms with Crippen LogP contribution in [0.1, 0.15) is 5.01 Å². The fourth-order valence-electron chi connectivity index (χ4n) is 4.08. The highest BCUT2D eigenvalue weighted by molar-refractivity contribution is 7.17. The van der Waals surface area contributed by atoms with E-state index < -0.39 is 6.04 Å². The van der Waals surface area contributed by atoms with Crippen LogP contribution in [0.5, 0.6) is 0 Å². The van der Waals surface area contributed by atoms with Crippen molar-refractivity contribution in [1.29, 1.82) is 0 Å². The summed E-state index contributed by atoms with van der Waals surface area (Å²) in [5.74, 6) is 3.36. The molecule has 9 nitrogen and oxygen atoms in total. The molecule has 1 fully saturated rings. The topological polar surface area (TPSA) is 98.8 Å². The number of fused-ring (bicyclic) bond motifs is 1. The molecule has 0 saturated carbocycles. The Labute approximate surface area is 209 Å². The highest BCUT2D eigenvalue weighted by Crippen LogP contribution is 2.36. The fourth-order valence-corrected chi connectivity index (χ4v) is 5.46. The zero-order chi connectivity index (χ0) is 24.4. The number of anilines is 2. The summed E-state index contributed by atoms with van der Waals surface area (Å²) in [5, 5.41) is 14.9. The second-order valence-corrected chi connectivity index (χ2v) is 9.49. The van der Waals surface area contributed by atoms with Crippen molar-refractivity contribution < 1.29 is 9.90 Å². The highest BCUT2D eigenvalue weighted by atomic mass is 32.1. The average molecular weight is 502 g/mol. The van der Waals surface area contributed by atoms with E-state index in [9.17, 15) is 9.90 Å². The molecule has 35 heavy (non-hydrogen) atoms. The lowest BCUT2D eigenvalue weighted by molar-refractivity contribution is 0.132. The largest absolute Gasteiger partial charge is 0.394 e. The van der Waals surface area contributed by atoms with Crippen LogP contribution in [0.25, 0.3) is 26.2 Å². The first-order valence-electron chi connectivity index (χ1n) is 10.7. The number of aromatic nitrogens is 3. The summed E-state index contributed by atoms with van der Waals surface area (Å²) in [6, 6.07) is 6.91. The normalized spacial score (nSPS) is 15.6. The van der Waals surface area contributed by atoms with Crippen molar-refractivity contribution in [2.75, 3.05) is 36.5 Å². The first kappa shape index (κ1) is 22.7. The van der Waals surface area contributed by atoms with Gasteiger partial charge in [0.25, 0.3) is 0 Å². The number of pyridine rings is 1. The van der Waals surface area contributed by atoms with Crippen LogP contribution in [0.2, 0.25) is 0 Å². The Balaban J connectivity index is 1.35. The van der Waals surface area contributed by atoms with E-state index in [1.54, 1.807) is 33.3 Å². The molecule has 1 aliphatic rings. The third-order valence-corrected chi connectivity index (χ3v) is 7.40. The molecule has 0 unspecified atom stereocenters. The van der Waals surface area contributed by atoms with Gasteiger partial charge in [-0.1, -0.05) is 12.1 Å². The van der Waals surface area contributed by atoms with Crippen molar-refractivity contribution in [3.8, 4) is 23.5 Å². The number of nitrogens with zero attached hydrogens (tertiary/aromatic N) is 6. The number of urea groups is 1. The summed E-state index contributed by atoms with van der Waals surface area (Å²) in [5.41, 5.74) is 4.97. The van der Waals surface area contributed by atoms with Crippen LogP contribution < -0.4 is 10.2 Å². The summed E-state index contributed by atoms with van der Waals surface area (Å²) in [7, 11) is 0. The molecule has 4 aromatic rings. The Morgan fingerprint density at radius 3 is 3.00 bits per heavy atom. The van der Waals surface area contributed by atoms with E-state index in [-0.39, 0.29) is 12.6 Å². The maximum Gasteiger partial charge on any atom is 0.323 e. The monoisotopic (exact) mass is 501 g/mol. The lowest BCUT2D eigenvalue weighted by atomic mass is 10.1. The maximum atomic E-state index is 12.8. The van der Waals surface area contributed by atoms with Gasteiger partial charge >= 0.3 is 6.03 Å². The Kier molecular flexibility index (Phi) is 6.29. The molecule has 1 aromatic carbocycles. The minimum absolute atomic E-state index is 0.227. The molecular weight excluding hydrogens is 482 g/mol. The Hall–Kier alpha value is -4.03. The van der Waals surface area contributed by atoms with E-state index in [1.165, 1.54) is 11.3 Å². The molecular formula is C24H19N7O2S2. The number of hydrogen-bond donors (Lipinski definition) is 2. The minimum Gasteiger partial charge on any atom is -0.394 e. The van der Waals surface area contributed by atoms with E-state index in [4.69, 9.17) is 13.0 Å². The van der Waals surface area contributed by atoms with E-state index >= 15 is 0 Å². The van der Waals surface area contributed by atoms with Gasteiger partial charge in [-0.15, -0.1) is 29.1 Å². The van der Waals surface area contributed by atoms with Gasteiger partial charge in [-0.25, -0.2) is 19.6 Å². The third kappa shape index (κ3) is 4.40. The Bertz CT molecular complexity index is 1480. The van der Waals surface area contributed by atoms with E-state index in [0.29, 0.717) is 42.0 Å². The number of hydrogen-bond acceptors (Lipinski definition) is 8. The van der Waals surface area contributed by atoms with Gasteiger partial charge in [-0.3, -0.25) is 10.3 Å². The lowest BCUT2D eigenvalue weighted by Crippen LogP contribution is -2.58. The second kappa shape index (κ2) is 9.68. The average Bonchev–Trinajstić information content (AvgIpc) is 3.57. The smallest absolute Gasteiger partial charge is 0.323 e. The van der Waals surface area contributed by atoms with Crippen molar-refractivity contribution in [3.05, 3.63) is 57.8 Å². The molecule has 0 aliphatic carbocycles. The van der Waals surface area contributed by atoms with Gasteiger partial charge in [0, 0.05) is 36.8 Å². The van der Waals surface area contributed by atoms with Crippen LogP contribution in [0.3, 0.4) is 0 Å². The Morgan fingerprint density at radius 2 is 2.23 bits per heavy atom. The molecule has 5 rings (SSSR count). The van der Waals surface area contributed by atoms with Crippen molar-refractivity contribution in [1.82, 2.24) is 19.9 Å². The van der Waals surface area contributed by atoms with Gasteiger partial charge in [0.2, 0.25) is 5.69 Å². The highest BCUT2D eigenvalue weighted by Gasteiger charge is 2.32. The van der Waals surface area contributed by atoms with Crippen LogP contribution in [0.15, 0.2) is 41.4 Å². The molecule has 2 N–H and O–H groups in total. The van der Waals surface area contributed by atoms with Crippen molar-refractivity contribution in [2.24, 2.45) is 0 Å². The first-order valence-corrected chi connectivity index (χ1v) is 12.4. The molecule has 0 bridgehead atoms. The molecule has 1 saturated heterocycles. The summed E-state index contributed by atoms with van der Waals surface area (Å²) in [4.78, 5) is 33.2. The van der Waals surface area contributed by atoms with Crippen molar-refractivity contribution in [3.63, 3.8) is 0 Å². The predicted molar refractivity (Wildman–Crippen MR) is 138 cm³/mol. The van der Waals surface area contributed by atoms with Gasteiger partial charge in [0.05, 0.1) is 34.9 Å². The number of carbonyl (C=O) groups excluding carboxylic acids is 1. The van der Waals surface area contributed by atoms with E-state index in [2.05, 4.69) is 31.0 Å². The second-order valence-electron chi connectivity index (χ2n) is 7.77. The van der Waals surface area contributed by atoms with Gasteiger partial charge in [-0.05, 0) is 23.6 Å². The number of aliphatic hydroxyl groups is 1. The summed E-state index contributed by atoms with van der Waals surface area (Å²) in [6.07, 6.45) is 7.10. The third-order valence-electron chi connectivity index (χ3n) is 5.75. The number of amides is 2. The molecule has 4 heterocycles. The zero-order valence-corrected chi connectivity index (χ0v) is 20.0. The van der Waals surface area contributed by atoms with Gasteiger partial charge in [0.1, 0.15) is 11.6 Å². The predicted octanol–water partition coefficient (Wildman–Crippen LogP) is 4.06. The van der Waals surface area contributed by atoms with Crippen LogP contribution in [0, 0.1) is 18.9 Å². The zero-order valence-electron chi connectivity index (χ0n) is 18.4. The van der Waals surface area contributed by atoms with Crippen molar-refractivity contribution in [2.45, 2.75) is 6.04 Å². The molecule has 0 spiro atoms. The number of carbonyl (C=O) groups is 1. The Morgan fingerprint density at radius 1 is 1.34 bits per heavy atom. The quantitative estimate of drug-likeness (QED) is 0.323. The molecule has 2 amide bonds. The summed E-state index contributed by atoms with van der Waals surface area (Å²) < 4.78 is 1.05. The molecule has 11 heteroatoms. The van der Waals surface area contributed by atoms with Gasteiger partial charge < -0.3 is 14.9 Å². The number of rotatable bonds is 4. The van der Waals surface area contributed by atoms with Crippen LogP contribution in [-0.2, 0) is 0 Å². The lowest BCUT2D eigenvalue weighted by Gasteiger charge is -2.41. The standard InChI is InChI=1S/C24H19N7O2S2/c1-3-21-28-20(13-34-21)29-24(33)31-8-7-30(11-16(31)12-32)23-19(25-2)9-15(10-26-23)17-5-4-6-18-22(17)35-14-27-18/h1,4-6,9-10,13-14,16,32H,7-8,11-12H2,(H,29,33)/t16-/m1/s1. The molecule has 1 atom stereocenters. The summed E-state index contributed by atoms with van der Waals surface area (Å²) >= 11 is 2.82. The first-order chi connectivity index (χ1) is 17.1. The number of aliphatic hydroxyl groups excluding tert-OH is 1. The van der Waals surface area contributed by atoms with Crippen molar-refractivity contribution >= 4 is 56.2 Å². The van der Waals surface area contributed by atoms with Crippen LogP contribution in [-0.4, -0.2) is 63.3 Å². The maximum absolute atomic E-state index is 12.8. The van der Waals surface area contributed by atoms with E-state index in [1.807, 2.05) is 29.2 Å². The van der Waals surface area contributed by atoms with Gasteiger partial charge in [-0.2, -0.15) is 0 Å². The number of terminal acetylenes is 1. The number of thiazole rings is 2. The number of benzene rings is 1. The minimum atomic E-state index is -0.472. The van der Waals surface area contributed by atoms with Crippen LogP contribution in [0.4, 0.5) is 22.1 Å². The number of nitrogens with one attached hydrogen (secondary N) is 1. The fraction of sp³-hybridized carbons (Fsp3) is 0.208. The molecule has 3 aromatic heterocycles. The summed E-state index contributed by atoms with van der Waals surface area (Å²) in [6.45, 7) is 8.68. The molecule has 1 aliphatic heterocycles. The van der Waals surface area contributed by atoms with E-state index in [0.717, 1.165) is 21.3 Å². The van der Waals surface area contributed by atoms with Crippen LogP contribution >= 0.6 is 22.7 Å². The number of piperazine rings is 1. The molecule has 174 valence electrons.